The van der Waals surface area contributed by atoms with Gasteiger partial charge in [0.25, 0.3) is 0 Å². The van der Waals surface area contributed by atoms with Crippen LogP contribution < -0.4 is 10.6 Å². The number of benzene rings is 1. The van der Waals surface area contributed by atoms with Crippen LogP contribution in [-0.2, 0) is 0 Å². The fourth-order valence-corrected chi connectivity index (χ4v) is 1.69. The largest absolute Gasteiger partial charge is 0.390 e. The van der Waals surface area contributed by atoms with Crippen molar-refractivity contribution in [1.29, 1.82) is 0 Å². The average Bonchev–Trinajstić information content (AvgIpc) is 2.29. The third-order valence-electron chi connectivity index (χ3n) is 2.41. The SMILES string of the molecule is Cc1cccc(NCC(O)CCl)c1NC(C)C. The molecule has 4 heteroatoms. The van der Waals surface area contributed by atoms with Gasteiger partial charge in [-0.15, -0.1) is 11.6 Å². The zero-order chi connectivity index (χ0) is 12.8. The Morgan fingerprint density at radius 1 is 1.35 bits per heavy atom. The van der Waals surface area contributed by atoms with E-state index in [0.29, 0.717) is 12.6 Å². The molecule has 1 rings (SSSR count). The minimum absolute atomic E-state index is 0.242. The lowest BCUT2D eigenvalue weighted by Gasteiger charge is -2.19. The van der Waals surface area contributed by atoms with Gasteiger partial charge in [-0.3, -0.25) is 0 Å². The maximum Gasteiger partial charge on any atom is 0.0847 e. The molecule has 0 aliphatic heterocycles. The number of anilines is 2. The van der Waals surface area contributed by atoms with E-state index < -0.39 is 6.10 Å². The van der Waals surface area contributed by atoms with Gasteiger partial charge in [-0.05, 0) is 32.4 Å². The Kier molecular flexibility index (Phi) is 5.59. The van der Waals surface area contributed by atoms with E-state index in [4.69, 9.17) is 11.6 Å². The molecule has 1 aromatic carbocycles. The minimum Gasteiger partial charge on any atom is -0.390 e. The number of halogens is 1. The number of rotatable bonds is 6. The van der Waals surface area contributed by atoms with Gasteiger partial charge in [0.05, 0.1) is 23.4 Å². The van der Waals surface area contributed by atoms with Gasteiger partial charge in [-0.1, -0.05) is 12.1 Å². The monoisotopic (exact) mass is 256 g/mol. The molecule has 0 saturated heterocycles. The maximum atomic E-state index is 9.45. The van der Waals surface area contributed by atoms with Crippen LogP contribution in [0.5, 0.6) is 0 Å². The summed E-state index contributed by atoms with van der Waals surface area (Å²) in [5.41, 5.74) is 3.27. The van der Waals surface area contributed by atoms with Crippen molar-refractivity contribution >= 4 is 23.0 Å². The van der Waals surface area contributed by atoms with Crippen molar-refractivity contribution in [1.82, 2.24) is 0 Å². The number of nitrogens with one attached hydrogen (secondary N) is 2. The van der Waals surface area contributed by atoms with Gasteiger partial charge in [0, 0.05) is 12.6 Å². The number of aliphatic hydroxyl groups excluding tert-OH is 1. The Morgan fingerprint density at radius 2 is 2.06 bits per heavy atom. The number of hydrogen-bond donors (Lipinski definition) is 3. The zero-order valence-electron chi connectivity index (χ0n) is 10.6. The fourth-order valence-electron chi connectivity index (χ4n) is 1.58. The van der Waals surface area contributed by atoms with Crippen LogP contribution in [0.3, 0.4) is 0 Å². The molecule has 17 heavy (non-hydrogen) atoms. The van der Waals surface area contributed by atoms with Crippen LogP contribution in [0.15, 0.2) is 18.2 Å². The molecule has 0 aromatic heterocycles. The molecule has 96 valence electrons. The molecule has 0 aliphatic rings. The molecule has 0 heterocycles. The van der Waals surface area contributed by atoms with E-state index in [1.807, 2.05) is 12.1 Å². The van der Waals surface area contributed by atoms with Gasteiger partial charge in [0.15, 0.2) is 0 Å². The van der Waals surface area contributed by atoms with Gasteiger partial charge in [-0.25, -0.2) is 0 Å². The molecular formula is C13H21ClN2O. The van der Waals surface area contributed by atoms with Crippen molar-refractivity contribution in [3.05, 3.63) is 23.8 Å². The van der Waals surface area contributed by atoms with Crippen LogP contribution in [0.2, 0.25) is 0 Å². The third-order valence-corrected chi connectivity index (χ3v) is 2.77. The molecule has 3 nitrogen and oxygen atoms in total. The van der Waals surface area contributed by atoms with Crippen molar-refractivity contribution in [2.24, 2.45) is 0 Å². The molecule has 0 bridgehead atoms. The van der Waals surface area contributed by atoms with Crippen LogP contribution >= 0.6 is 11.6 Å². The van der Waals surface area contributed by atoms with Gasteiger partial charge >= 0.3 is 0 Å². The Bertz CT molecular complexity index is 355. The van der Waals surface area contributed by atoms with Gasteiger partial charge in [-0.2, -0.15) is 0 Å². The van der Waals surface area contributed by atoms with Crippen molar-refractivity contribution in [3.8, 4) is 0 Å². The van der Waals surface area contributed by atoms with Crippen molar-refractivity contribution in [2.45, 2.75) is 32.9 Å². The van der Waals surface area contributed by atoms with E-state index in [1.165, 1.54) is 5.56 Å². The number of aryl methyl sites for hydroxylation is 1. The summed E-state index contributed by atoms with van der Waals surface area (Å²) < 4.78 is 0. The van der Waals surface area contributed by atoms with E-state index >= 15 is 0 Å². The molecule has 0 radical (unpaired) electrons. The Labute approximate surface area is 108 Å². The second-order valence-corrected chi connectivity index (χ2v) is 4.79. The highest BCUT2D eigenvalue weighted by molar-refractivity contribution is 6.18. The smallest absolute Gasteiger partial charge is 0.0847 e. The lowest BCUT2D eigenvalue weighted by Crippen LogP contribution is -2.22. The van der Waals surface area contributed by atoms with E-state index in [2.05, 4.69) is 37.5 Å². The van der Waals surface area contributed by atoms with Crippen LogP contribution in [0.1, 0.15) is 19.4 Å². The summed E-state index contributed by atoms with van der Waals surface area (Å²) in [7, 11) is 0. The van der Waals surface area contributed by atoms with Gasteiger partial charge < -0.3 is 15.7 Å². The summed E-state index contributed by atoms with van der Waals surface area (Å²) in [6, 6.07) is 6.43. The first-order valence-electron chi connectivity index (χ1n) is 5.88. The molecule has 0 amide bonds. The van der Waals surface area contributed by atoms with Crippen molar-refractivity contribution in [2.75, 3.05) is 23.1 Å². The fraction of sp³-hybridized carbons (Fsp3) is 0.538. The van der Waals surface area contributed by atoms with Gasteiger partial charge in [0.2, 0.25) is 0 Å². The maximum absolute atomic E-state index is 9.45. The number of para-hydroxylation sites is 1. The Morgan fingerprint density at radius 3 is 2.65 bits per heavy atom. The summed E-state index contributed by atoms with van der Waals surface area (Å²) in [5.74, 6) is 0.242. The summed E-state index contributed by atoms with van der Waals surface area (Å²) in [5, 5.41) is 16.1. The molecule has 0 saturated carbocycles. The van der Waals surface area contributed by atoms with Gasteiger partial charge in [0.1, 0.15) is 0 Å². The summed E-state index contributed by atoms with van der Waals surface area (Å²) >= 11 is 5.57. The first-order chi connectivity index (χ1) is 8.04. The predicted molar refractivity (Wildman–Crippen MR) is 75.2 cm³/mol. The summed E-state index contributed by atoms with van der Waals surface area (Å²) in [6.07, 6.45) is -0.524. The Hall–Kier alpha value is -0.930. The lowest BCUT2D eigenvalue weighted by molar-refractivity contribution is 0.211. The molecular weight excluding hydrogens is 236 g/mol. The molecule has 0 aliphatic carbocycles. The van der Waals surface area contributed by atoms with Crippen LogP contribution in [-0.4, -0.2) is 29.7 Å². The standard InChI is InChI=1S/C13H21ClN2O/c1-9(2)16-13-10(3)5-4-6-12(13)15-8-11(17)7-14/h4-6,9,11,15-17H,7-8H2,1-3H3. The quantitative estimate of drug-likeness (QED) is 0.686. The molecule has 1 aromatic rings. The first-order valence-corrected chi connectivity index (χ1v) is 6.42. The van der Waals surface area contributed by atoms with E-state index in [1.54, 1.807) is 0 Å². The lowest BCUT2D eigenvalue weighted by atomic mass is 10.1. The van der Waals surface area contributed by atoms with Crippen molar-refractivity contribution in [3.63, 3.8) is 0 Å². The highest BCUT2D eigenvalue weighted by Crippen LogP contribution is 2.26. The normalized spacial score (nSPS) is 12.6. The average molecular weight is 257 g/mol. The predicted octanol–water partition coefficient (Wildman–Crippen LogP) is 2.83. The molecule has 0 spiro atoms. The van der Waals surface area contributed by atoms with E-state index in [0.717, 1.165) is 11.4 Å². The van der Waals surface area contributed by atoms with Crippen LogP contribution in [0.25, 0.3) is 0 Å². The first kappa shape index (κ1) is 14.1. The molecule has 1 unspecified atom stereocenters. The summed E-state index contributed by atoms with van der Waals surface area (Å²) in [6.45, 7) is 6.72. The van der Waals surface area contributed by atoms with Crippen LogP contribution in [0, 0.1) is 6.92 Å². The molecule has 3 N–H and O–H groups in total. The number of alkyl halides is 1. The third kappa shape index (κ3) is 4.44. The topological polar surface area (TPSA) is 44.3 Å². The Balaban J connectivity index is 2.79. The highest BCUT2D eigenvalue weighted by atomic mass is 35.5. The number of hydrogen-bond acceptors (Lipinski definition) is 3. The summed E-state index contributed by atoms with van der Waals surface area (Å²) in [4.78, 5) is 0. The van der Waals surface area contributed by atoms with Crippen LogP contribution in [0.4, 0.5) is 11.4 Å². The second-order valence-electron chi connectivity index (χ2n) is 4.49. The van der Waals surface area contributed by atoms with E-state index in [9.17, 15) is 5.11 Å². The molecule has 0 fully saturated rings. The van der Waals surface area contributed by atoms with E-state index in [-0.39, 0.29) is 5.88 Å². The second kappa shape index (κ2) is 6.72. The zero-order valence-corrected chi connectivity index (χ0v) is 11.4. The molecule has 1 atom stereocenters. The number of aliphatic hydroxyl groups is 1. The minimum atomic E-state index is -0.524. The highest BCUT2D eigenvalue weighted by Gasteiger charge is 2.08. The van der Waals surface area contributed by atoms with Crippen molar-refractivity contribution < 1.29 is 5.11 Å².